The smallest absolute Gasteiger partial charge is 0.0352 e. The van der Waals surface area contributed by atoms with Gasteiger partial charge in [-0.3, -0.25) is 0 Å². The minimum Gasteiger partial charge on any atom is -0.399 e. The predicted octanol–water partition coefficient (Wildman–Crippen LogP) is 6.78. The summed E-state index contributed by atoms with van der Waals surface area (Å²) in [5.41, 5.74) is 13.1. The topological polar surface area (TPSA) is 26.0 Å². The van der Waals surface area contributed by atoms with E-state index in [1.54, 1.807) is 0 Å². The van der Waals surface area contributed by atoms with E-state index in [0.29, 0.717) is 0 Å². The van der Waals surface area contributed by atoms with Crippen LogP contribution in [0.15, 0.2) is 72.8 Å². The molecule has 126 valence electrons. The highest BCUT2D eigenvalue weighted by Gasteiger charge is 2.13. The van der Waals surface area contributed by atoms with Gasteiger partial charge in [0.05, 0.1) is 0 Å². The largest absolute Gasteiger partial charge is 0.399 e. The molecule has 0 spiro atoms. The predicted molar refractivity (Wildman–Crippen MR) is 114 cm³/mol. The van der Waals surface area contributed by atoms with Crippen molar-refractivity contribution in [3.63, 3.8) is 0 Å². The van der Waals surface area contributed by atoms with Gasteiger partial charge >= 0.3 is 0 Å². The molecule has 5 rings (SSSR count). The molecule has 0 bridgehead atoms. The molecule has 3 aromatic carbocycles. The van der Waals surface area contributed by atoms with Crippen LogP contribution in [0.2, 0.25) is 0 Å². The van der Waals surface area contributed by atoms with Gasteiger partial charge in [0.15, 0.2) is 0 Å². The number of rotatable bonds is 2. The van der Waals surface area contributed by atoms with Crippen LogP contribution in [0, 0.1) is 0 Å². The molecule has 26 heavy (non-hydrogen) atoms. The molecule has 0 aliphatic heterocycles. The molecule has 1 nitrogen and oxygen atoms in total. The molecule has 1 aromatic heterocycles. The van der Waals surface area contributed by atoms with Crippen LogP contribution in [0.1, 0.15) is 16.9 Å². The third kappa shape index (κ3) is 2.63. The van der Waals surface area contributed by atoms with Crippen LogP contribution in [0.25, 0.3) is 38.4 Å². The number of anilines is 1. The van der Waals surface area contributed by atoms with Gasteiger partial charge in [0.2, 0.25) is 0 Å². The Morgan fingerprint density at radius 3 is 2.08 bits per heavy atom. The Morgan fingerprint density at radius 2 is 1.35 bits per heavy atom. The molecular weight excluding hydrogens is 334 g/mol. The van der Waals surface area contributed by atoms with E-state index in [0.717, 1.165) is 18.5 Å². The second-order valence-electron chi connectivity index (χ2n) is 6.80. The van der Waals surface area contributed by atoms with Gasteiger partial charge in [0.1, 0.15) is 0 Å². The first-order chi connectivity index (χ1) is 12.8. The standard InChI is InChI=1S/C24H19NS/c25-20-12-9-17(10-13-20)16-5-7-18(8-6-16)19-11-14-24-22(15-19)21-3-1-2-4-23(21)26-24/h2,4-15H,1,3,25H2. The molecule has 2 N–H and O–H groups in total. The van der Waals surface area contributed by atoms with E-state index >= 15 is 0 Å². The normalized spacial score (nSPS) is 13.1. The third-order valence-corrected chi connectivity index (χ3v) is 6.29. The SMILES string of the molecule is Nc1ccc(-c2ccc(-c3ccc4sc5c(c4c3)CCC=C5)cc2)cc1. The summed E-state index contributed by atoms with van der Waals surface area (Å²) in [6.45, 7) is 0. The summed E-state index contributed by atoms with van der Waals surface area (Å²) in [5, 5.41) is 1.43. The lowest BCUT2D eigenvalue weighted by atomic mass is 9.96. The number of benzene rings is 3. The van der Waals surface area contributed by atoms with E-state index in [-0.39, 0.29) is 0 Å². The van der Waals surface area contributed by atoms with Gasteiger partial charge in [-0.2, -0.15) is 0 Å². The Balaban J connectivity index is 1.53. The number of allylic oxidation sites excluding steroid dienone is 1. The molecule has 0 unspecified atom stereocenters. The highest BCUT2D eigenvalue weighted by atomic mass is 32.1. The maximum absolute atomic E-state index is 5.79. The van der Waals surface area contributed by atoms with Crippen molar-refractivity contribution in [2.45, 2.75) is 12.8 Å². The molecule has 0 amide bonds. The monoisotopic (exact) mass is 353 g/mol. The maximum atomic E-state index is 5.79. The fourth-order valence-corrected chi connectivity index (χ4v) is 4.85. The molecule has 1 heterocycles. The van der Waals surface area contributed by atoms with Crippen LogP contribution < -0.4 is 5.73 Å². The Morgan fingerprint density at radius 1 is 0.731 bits per heavy atom. The quantitative estimate of drug-likeness (QED) is 0.395. The third-order valence-electron chi connectivity index (χ3n) is 5.11. The van der Waals surface area contributed by atoms with Crippen LogP contribution in [0.3, 0.4) is 0 Å². The zero-order valence-corrected chi connectivity index (χ0v) is 15.2. The zero-order chi connectivity index (χ0) is 17.5. The van der Waals surface area contributed by atoms with Gasteiger partial charge in [-0.15, -0.1) is 11.3 Å². The Bertz CT molecular complexity index is 1120. The molecule has 0 saturated carbocycles. The first-order valence-electron chi connectivity index (χ1n) is 8.96. The van der Waals surface area contributed by atoms with E-state index in [1.165, 1.54) is 42.8 Å². The van der Waals surface area contributed by atoms with E-state index in [9.17, 15) is 0 Å². The van der Waals surface area contributed by atoms with Crippen molar-refractivity contribution in [2.24, 2.45) is 0 Å². The number of nitrogen functional groups attached to an aromatic ring is 1. The molecule has 4 aromatic rings. The molecule has 0 fully saturated rings. The minimum absolute atomic E-state index is 0.799. The van der Waals surface area contributed by atoms with Crippen molar-refractivity contribution in [1.29, 1.82) is 0 Å². The van der Waals surface area contributed by atoms with Crippen LogP contribution in [-0.2, 0) is 6.42 Å². The Labute approximate surface area is 157 Å². The Hall–Kier alpha value is -2.84. The lowest BCUT2D eigenvalue weighted by Gasteiger charge is -2.07. The highest BCUT2D eigenvalue weighted by Crippen LogP contribution is 2.38. The van der Waals surface area contributed by atoms with Crippen LogP contribution in [-0.4, -0.2) is 0 Å². The Kier molecular flexibility index (Phi) is 3.65. The number of hydrogen-bond donors (Lipinski definition) is 1. The molecule has 0 saturated heterocycles. The second kappa shape index (κ2) is 6.15. The molecule has 0 radical (unpaired) electrons. The molecule has 1 aliphatic rings. The first kappa shape index (κ1) is 15.4. The first-order valence-corrected chi connectivity index (χ1v) is 9.78. The van der Waals surface area contributed by atoms with Crippen molar-refractivity contribution < 1.29 is 0 Å². The summed E-state index contributed by atoms with van der Waals surface area (Å²) in [4.78, 5) is 1.43. The van der Waals surface area contributed by atoms with E-state index in [1.807, 2.05) is 23.5 Å². The number of nitrogens with two attached hydrogens (primary N) is 1. The van der Waals surface area contributed by atoms with Crippen LogP contribution in [0.4, 0.5) is 5.69 Å². The number of hydrogen-bond acceptors (Lipinski definition) is 2. The fourth-order valence-electron chi connectivity index (χ4n) is 3.69. The van der Waals surface area contributed by atoms with Gasteiger partial charge < -0.3 is 5.73 Å². The lowest BCUT2D eigenvalue weighted by Crippen LogP contribution is -1.89. The van der Waals surface area contributed by atoms with Crippen LogP contribution >= 0.6 is 11.3 Å². The average Bonchev–Trinajstić information content (AvgIpc) is 3.07. The van der Waals surface area contributed by atoms with E-state index < -0.39 is 0 Å². The number of fused-ring (bicyclic) bond motifs is 3. The molecule has 1 aliphatic carbocycles. The maximum Gasteiger partial charge on any atom is 0.0352 e. The van der Waals surface area contributed by atoms with Crippen molar-refractivity contribution in [2.75, 3.05) is 5.73 Å². The van der Waals surface area contributed by atoms with Gasteiger partial charge in [-0.25, -0.2) is 0 Å². The molecule has 2 heteroatoms. The molecular formula is C24H19NS. The van der Waals surface area contributed by atoms with Gasteiger partial charge in [0, 0.05) is 15.3 Å². The average molecular weight is 353 g/mol. The number of aryl methyl sites for hydroxylation is 1. The summed E-state index contributed by atoms with van der Waals surface area (Å²) in [5.74, 6) is 0. The summed E-state index contributed by atoms with van der Waals surface area (Å²) >= 11 is 1.91. The number of thiophene rings is 1. The van der Waals surface area contributed by atoms with Crippen molar-refractivity contribution >= 4 is 33.2 Å². The van der Waals surface area contributed by atoms with Crippen LogP contribution in [0.5, 0.6) is 0 Å². The second-order valence-corrected chi connectivity index (χ2v) is 7.88. The van der Waals surface area contributed by atoms with E-state index in [2.05, 4.69) is 66.7 Å². The van der Waals surface area contributed by atoms with Gasteiger partial charge in [-0.1, -0.05) is 48.5 Å². The van der Waals surface area contributed by atoms with Gasteiger partial charge in [0.25, 0.3) is 0 Å². The van der Waals surface area contributed by atoms with Crippen molar-refractivity contribution in [1.82, 2.24) is 0 Å². The summed E-state index contributed by atoms with van der Waals surface area (Å²) in [7, 11) is 0. The summed E-state index contributed by atoms with van der Waals surface area (Å²) in [6, 6.07) is 23.7. The highest BCUT2D eigenvalue weighted by molar-refractivity contribution is 7.20. The summed E-state index contributed by atoms with van der Waals surface area (Å²) in [6.07, 6.45) is 6.88. The lowest BCUT2D eigenvalue weighted by molar-refractivity contribution is 1.01. The van der Waals surface area contributed by atoms with Gasteiger partial charge in [-0.05, 0) is 76.4 Å². The van der Waals surface area contributed by atoms with Crippen molar-refractivity contribution in [3.05, 3.63) is 83.2 Å². The zero-order valence-electron chi connectivity index (χ0n) is 14.4. The minimum atomic E-state index is 0.799. The van der Waals surface area contributed by atoms with E-state index in [4.69, 9.17) is 5.73 Å². The fraction of sp³-hybridized carbons (Fsp3) is 0.0833. The van der Waals surface area contributed by atoms with Crippen molar-refractivity contribution in [3.8, 4) is 22.3 Å². The summed E-state index contributed by atoms with van der Waals surface area (Å²) < 4.78 is 1.39. The molecule has 0 atom stereocenters.